The smallest absolute Gasteiger partial charge is 0.318 e. The molecule has 0 aliphatic rings. The van der Waals surface area contributed by atoms with Crippen molar-refractivity contribution in [2.75, 3.05) is 5.32 Å². The van der Waals surface area contributed by atoms with Gasteiger partial charge in [-0.3, -0.25) is 9.48 Å². The average Bonchev–Trinajstić information content (AvgIpc) is 3.19. The van der Waals surface area contributed by atoms with Crippen molar-refractivity contribution in [1.29, 1.82) is 0 Å². The quantitative estimate of drug-likeness (QED) is 0.780. The van der Waals surface area contributed by atoms with Crippen LogP contribution in [-0.2, 0) is 6.54 Å². The molecule has 0 fully saturated rings. The molecular formula is C15H12F3N5O. The van der Waals surface area contributed by atoms with Gasteiger partial charge in [-0.25, -0.2) is 4.39 Å². The number of amides is 1. The van der Waals surface area contributed by atoms with E-state index in [-0.39, 0.29) is 11.5 Å². The molecule has 24 heavy (non-hydrogen) atoms. The SMILES string of the molecule is O=C(Nc1cnn(Cc2ccc(F)cc2)c1)c1ccnn1C(F)F. The predicted octanol–water partition coefficient (Wildman–Crippen LogP) is 2.91. The second-order valence-corrected chi connectivity index (χ2v) is 4.95. The van der Waals surface area contributed by atoms with E-state index in [4.69, 9.17) is 0 Å². The van der Waals surface area contributed by atoms with Crippen LogP contribution in [0.1, 0.15) is 22.6 Å². The maximum Gasteiger partial charge on any atom is 0.333 e. The summed E-state index contributed by atoms with van der Waals surface area (Å²) in [6.45, 7) is -2.52. The number of alkyl halides is 2. The van der Waals surface area contributed by atoms with E-state index in [0.29, 0.717) is 16.9 Å². The Hall–Kier alpha value is -3.10. The lowest BCUT2D eigenvalue weighted by Crippen LogP contribution is -2.18. The summed E-state index contributed by atoms with van der Waals surface area (Å²) >= 11 is 0. The van der Waals surface area contributed by atoms with Gasteiger partial charge in [-0.1, -0.05) is 12.1 Å². The van der Waals surface area contributed by atoms with Gasteiger partial charge in [-0.15, -0.1) is 0 Å². The topological polar surface area (TPSA) is 64.7 Å². The highest BCUT2D eigenvalue weighted by Crippen LogP contribution is 2.14. The van der Waals surface area contributed by atoms with Crippen molar-refractivity contribution in [1.82, 2.24) is 19.6 Å². The highest BCUT2D eigenvalue weighted by Gasteiger charge is 2.18. The van der Waals surface area contributed by atoms with Crippen LogP contribution >= 0.6 is 0 Å². The van der Waals surface area contributed by atoms with Gasteiger partial charge in [0.1, 0.15) is 11.5 Å². The van der Waals surface area contributed by atoms with E-state index in [1.165, 1.54) is 29.1 Å². The number of hydrogen-bond donors (Lipinski definition) is 1. The first-order chi connectivity index (χ1) is 11.5. The highest BCUT2D eigenvalue weighted by molar-refractivity contribution is 6.02. The Labute approximate surface area is 134 Å². The molecule has 0 saturated heterocycles. The maximum atomic E-state index is 12.9. The number of nitrogens with one attached hydrogen (secondary N) is 1. The first kappa shape index (κ1) is 15.8. The average molecular weight is 335 g/mol. The van der Waals surface area contributed by atoms with Gasteiger partial charge in [0.05, 0.1) is 18.4 Å². The molecule has 0 radical (unpaired) electrons. The molecule has 0 saturated carbocycles. The third kappa shape index (κ3) is 3.45. The molecule has 2 heterocycles. The number of benzene rings is 1. The van der Waals surface area contributed by atoms with Crippen LogP contribution in [0.15, 0.2) is 48.9 Å². The normalized spacial score (nSPS) is 11.0. The summed E-state index contributed by atoms with van der Waals surface area (Å²) < 4.78 is 40.2. The molecule has 124 valence electrons. The van der Waals surface area contributed by atoms with Crippen LogP contribution in [-0.4, -0.2) is 25.5 Å². The number of halogens is 3. The Kier molecular flexibility index (Phi) is 4.32. The molecule has 6 nitrogen and oxygen atoms in total. The molecule has 0 spiro atoms. The second-order valence-electron chi connectivity index (χ2n) is 4.95. The van der Waals surface area contributed by atoms with Crippen LogP contribution in [0.25, 0.3) is 0 Å². The highest BCUT2D eigenvalue weighted by atomic mass is 19.3. The molecule has 9 heteroatoms. The zero-order valence-electron chi connectivity index (χ0n) is 12.2. The van der Waals surface area contributed by atoms with Crippen molar-refractivity contribution in [2.45, 2.75) is 13.1 Å². The molecule has 0 unspecified atom stereocenters. The number of rotatable bonds is 5. The van der Waals surface area contributed by atoms with E-state index in [0.717, 1.165) is 11.8 Å². The molecule has 2 aromatic heterocycles. The molecule has 1 aromatic carbocycles. The first-order valence-electron chi connectivity index (χ1n) is 6.93. The van der Waals surface area contributed by atoms with E-state index >= 15 is 0 Å². The summed E-state index contributed by atoms with van der Waals surface area (Å²) in [6, 6.07) is 7.12. The fraction of sp³-hybridized carbons (Fsp3) is 0.133. The van der Waals surface area contributed by atoms with Crippen molar-refractivity contribution in [3.63, 3.8) is 0 Å². The standard InChI is InChI=1S/C15H12F3N5O/c16-11-3-1-10(2-4-11)8-22-9-12(7-20-22)21-14(24)13-5-6-19-23(13)15(17)18/h1-7,9,15H,8H2,(H,21,24). The lowest BCUT2D eigenvalue weighted by atomic mass is 10.2. The number of carbonyl (C=O) groups excluding carboxylic acids is 1. The molecule has 3 aromatic rings. The minimum atomic E-state index is -2.90. The van der Waals surface area contributed by atoms with Gasteiger partial charge >= 0.3 is 6.55 Å². The van der Waals surface area contributed by atoms with Crippen molar-refractivity contribution < 1.29 is 18.0 Å². The number of nitrogens with zero attached hydrogens (tertiary/aromatic N) is 4. The van der Waals surface area contributed by atoms with Crippen LogP contribution in [0.5, 0.6) is 0 Å². The Bertz CT molecular complexity index is 841. The van der Waals surface area contributed by atoms with Crippen molar-refractivity contribution in [3.05, 3.63) is 66.0 Å². The van der Waals surface area contributed by atoms with Crippen LogP contribution in [0.4, 0.5) is 18.9 Å². The summed E-state index contributed by atoms with van der Waals surface area (Å²) in [5.74, 6) is -1.04. The van der Waals surface area contributed by atoms with Crippen LogP contribution < -0.4 is 5.32 Å². The zero-order chi connectivity index (χ0) is 17.1. The monoisotopic (exact) mass is 335 g/mol. The van der Waals surface area contributed by atoms with Crippen molar-refractivity contribution in [2.24, 2.45) is 0 Å². The fourth-order valence-corrected chi connectivity index (χ4v) is 2.14. The fourth-order valence-electron chi connectivity index (χ4n) is 2.14. The van der Waals surface area contributed by atoms with Gasteiger partial charge in [0.2, 0.25) is 0 Å². The summed E-state index contributed by atoms with van der Waals surface area (Å²) in [5.41, 5.74) is 0.925. The largest absolute Gasteiger partial charge is 0.333 e. The number of carbonyl (C=O) groups is 1. The molecule has 3 rings (SSSR count). The molecule has 0 bridgehead atoms. The number of anilines is 1. The Balaban J connectivity index is 1.68. The summed E-state index contributed by atoms with van der Waals surface area (Å²) in [6.07, 6.45) is 4.06. The van der Waals surface area contributed by atoms with Crippen molar-refractivity contribution >= 4 is 11.6 Å². The van der Waals surface area contributed by atoms with Crippen molar-refractivity contribution in [3.8, 4) is 0 Å². The second kappa shape index (κ2) is 6.57. The van der Waals surface area contributed by atoms with Gasteiger partial charge in [0.15, 0.2) is 0 Å². The van der Waals surface area contributed by atoms with E-state index in [1.807, 2.05) is 0 Å². The van der Waals surface area contributed by atoms with E-state index in [2.05, 4.69) is 15.5 Å². The molecular weight excluding hydrogens is 323 g/mol. The first-order valence-corrected chi connectivity index (χ1v) is 6.93. The molecule has 0 aliphatic carbocycles. The number of aromatic nitrogens is 4. The summed E-state index contributed by atoms with van der Waals surface area (Å²) in [5, 5.41) is 9.94. The van der Waals surface area contributed by atoms with Gasteiger partial charge in [-0.05, 0) is 23.8 Å². The van der Waals surface area contributed by atoms with Crippen LogP contribution in [0.2, 0.25) is 0 Å². The lowest BCUT2D eigenvalue weighted by molar-refractivity contribution is 0.0520. The van der Waals surface area contributed by atoms with E-state index < -0.39 is 12.5 Å². The molecule has 1 N–H and O–H groups in total. The van der Waals surface area contributed by atoms with Gasteiger partial charge < -0.3 is 5.32 Å². The summed E-state index contributed by atoms with van der Waals surface area (Å²) in [4.78, 5) is 12.0. The molecule has 0 aliphatic heterocycles. The van der Waals surface area contributed by atoms with Gasteiger partial charge in [0.25, 0.3) is 5.91 Å². The maximum absolute atomic E-state index is 12.9. The Morgan fingerprint density at radius 1 is 1.17 bits per heavy atom. The Morgan fingerprint density at radius 3 is 2.62 bits per heavy atom. The van der Waals surface area contributed by atoms with E-state index in [1.54, 1.807) is 18.3 Å². The number of hydrogen-bond acceptors (Lipinski definition) is 3. The third-order valence-electron chi connectivity index (χ3n) is 3.24. The third-order valence-corrected chi connectivity index (χ3v) is 3.24. The lowest BCUT2D eigenvalue weighted by Gasteiger charge is -2.05. The summed E-state index contributed by atoms with van der Waals surface area (Å²) in [7, 11) is 0. The van der Waals surface area contributed by atoms with Crippen LogP contribution in [0, 0.1) is 5.82 Å². The van der Waals surface area contributed by atoms with E-state index in [9.17, 15) is 18.0 Å². The zero-order valence-corrected chi connectivity index (χ0v) is 12.2. The minimum Gasteiger partial charge on any atom is -0.318 e. The predicted molar refractivity (Wildman–Crippen MR) is 79.2 cm³/mol. The van der Waals surface area contributed by atoms with Gasteiger partial charge in [0, 0.05) is 12.4 Å². The van der Waals surface area contributed by atoms with Crippen LogP contribution in [0.3, 0.4) is 0 Å². The molecule has 1 amide bonds. The van der Waals surface area contributed by atoms with Gasteiger partial charge in [-0.2, -0.15) is 23.7 Å². The molecule has 0 atom stereocenters. The Morgan fingerprint density at radius 2 is 1.92 bits per heavy atom. The minimum absolute atomic E-state index is 0.253.